The molecule has 138 valence electrons. The second-order valence-electron chi connectivity index (χ2n) is 6.44. The molecule has 2 aromatic carbocycles. The fourth-order valence-corrected chi connectivity index (χ4v) is 2.80. The van der Waals surface area contributed by atoms with Crippen molar-refractivity contribution < 1.29 is 14.3 Å². The van der Waals surface area contributed by atoms with Crippen molar-refractivity contribution in [2.45, 2.75) is 26.9 Å². The van der Waals surface area contributed by atoms with Crippen LogP contribution >= 0.6 is 0 Å². The summed E-state index contributed by atoms with van der Waals surface area (Å²) in [6, 6.07) is 15.4. The van der Waals surface area contributed by atoms with E-state index in [9.17, 15) is 9.59 Å². The van der Waals surface area contributed by atoms with E-state index in [1.807, 2.05) is 62.4 Å². The molecule has 27 heavy (non-hydrogen) atoms. The van der Waals surface area contributed by atoms with E-state index in [2.05, 4.69) is 5.10 Å². The molecule has 0 aliphatic heterocycles. The number of carbonyl (C=O) groups is 2. The Morgan fingerprint density at radius 2 is 1.81 bits per heavy atom. The van der Waals surface area contributed by atoms with Crippen molar-refractivity contribution in [1.29, 1.82) is 0 Å². The van der Waals surface area contributed by atoms with Gasteiger partial charge in [-0.15, -0.1) is 0 Å². The fourth-order valence-electron chi connectivity index (χ4n) is 2.80. The molecule has 0 unspecified atom stereocenters. The van der Waals surface area contributed by atoms with Gasteiger partial charge in [-0.05, 0) is 38.5 Å². The Hall–Kier alpha value is -3.41. The minimum Gasteiger partial charge on any atom is -0.449 e. The van der Waals surface area contributed by atoms with Gasteiger partial charge in [-0.25, -0.2) is 9.48 Å². The molecule has 6 nitrogen and oxygen atoms in total. The molecular weight excluding hydrogens is 342 g/mol. The molecule has 1 heterocycles. The number of hydrogen-bond donors (Lipinski definition) is 1. The molecule has 2 N–H and O–H groups in total. The molecule has 3 aromatic rings. The number of benzene rings is 2. The van der Waals surface area contributed by atoms with Crippen LogP contribution in [0.4, 0.5) is 0 Å². The first-order chi connectivity index (χ1) is 12.9. The second kappa shape index (κ2) is 7.45. The van der Waals surface area contributed by atoms with Gasteiger partial charge >= 0.3 is 5.97 Å². The van der Waals surface area contributed by atoms with E-state index in [0.717, 1.165) is 22.4 Å². The average Bonchev–Trinajstić information content (AvgIpc) is 3.07. The summed E-state index contributed by atoms with van der Waals surface area (Å²) in [6.07, 6.45) is 0.588. The van der Waals surface area contributed by atoms with Gasteiger partial charge in [0.15, 0.2) is 6.10 Å². The fraction of sp³-hybridized carbons (Fsp3) is 0.190. The SMILES string of the molecule is Cc1ccc(-c2nn(-c3ccccc3)cc2C(=O)O[C@H](C)C(N)=O)c(C)c1. The summed E-state index contributed by atoms with van der Waals surface area (Å²) in [5, 5.41) is 4.61. The number of amides is 1. The molecule has 0 radical (unpaired) electrons. The van der Waals surface area contributed by atoms with E-state index in [1.54, 1.807) is 10.9 Å². The maximum atomic E-state index is 12.7. The number of primary amides is 1. The third kappa shape index (κ3) is 3.89. The van der Waals surface area contributed by atoms with E-state index in [0.29, 0.717) is 5.69 Å². The van der Waals surface area contributed by atoms with Crippen LogP contribution in [-0.4, -0.2) is 27.8 Å². The smallest absolute Gasteiger partial charge is 0.342 e. The molecule has 0 aliphatic carbocycles. The Morgan fingerprint density at radius 3 is 2.44 bits per heavy atom. The number of aromatic nitrogens is 2. The molecule has 1 aromatic heterocycles. The average molecular weight is 363 g/mol. The number of rotatable bonds is 5. The van der Waals surface area contributed by atoms with E-state index >= 15 is 0 Å². The number of nitrogens with two attached hydrogens (primary N) is 1. The summed E-state index contributed by atoms with van der Waals surface area (Å²) >= 11 is 0. The molecule has 0 fully saturated rings. The van der Waals surface area contributed by atoms with Crippen molar-refractivity contribution in [3.63, 3.8) is 0 Å². The quantitative estimate of drug-likeness (QED) is 0.705. The molecule has 1 atom stereocenters. The van der Waals surface area contributed by atoms with Gasteiger partial charge in [0, 0.05) is 11.8 Å². The van der Waals surface area contributed by atoms with Crippen molar-refractivity contribution in [2.75, 3.05) is 0 Å². The van der Waals surface area contributed by atoms with Crippen LogP contribution in [0.15, 0.2) is 54.7 Å². The predicted octanol–water partition coefficient (Wildman–Crippen LogP) is 3.19. The van der Waals surface area contributed by atoms with Crippen molar-refractivity contribution in [2.24, 2.45) is 5.73 Å². The second-order valence-corrected chi connectivity index (χ2v) is 6.44. The zero-order valence-corrected chi connectivity index (χ0v) is 15.5. The van der Waals surface area contributed by atoms with Gasteiger partial charge in [-0.3, -0.25) is 4.79 Å². The van der Waals surface area contributed by atoms with Gasteiger partial charge in [0.2, 0.25) is 0 Å². The minimum absolute atomic E-state index is 0.277. The molecule has 6 heteroatoms. The summed E-state index contributed by atoms with van der Waals surface area (Å²) in [7, 11) is 0. The maximum absolute atomic E-state index is 12.7. The molecule has 0 saturated heterocycles. The summed E-state index contributed by atoms with van der Waals surface area (Å²) in [6.45, 7) is 5.41. The number of nitrogens with zero attached hydrogens (tertiary/aromatic N) is 2. The molecule has 0 bridgehead atoms. The number of ether oxygens (including phenoxy) is 1. The number of aryl methyl sites for hydroxylation is 2. The van der Waals surface area contributed by atoms with Crippen molar-refractivity contribution in [1.82, 2.24) is 9.78 Å². The molecular formula is C21H21N3O3. The third-order valence-electron chi connectivity index (χ3n) is 4.28. The van der Waals surface area contributed by atoms with Gasteiger partial charge in [0.25, 0.3) is 5.91 Å². The number of hydrogen-bond acceptors (Lipinski definition) is 4. The normalized spacial score (nSPS) is 11.8. The number of esters is 1. The van der Waals surface area contributed by atoms with Crippen LogP contribution in [0, 0.1) is 13.8 Å². The monoisotopic (exact) mass is 363 g/mol. The molecule has 1 amide bonds. The Labute approximate surface area is 157 Å². The number of para-hydroxylation sites is 1. The van der Waals surface area contributed by atoms with Crippen LogP contribution in [-0.2, 0) is 9.53 Å². The van der Waals surface area contributed by atoms with Gasteiger partial charge in [-0.1, -0.05) is 42.0 Å². The van der Waals surface area contributed by atoms with Gasteiger partial charge in [0.05, 0.1) is 5.69 Å². The minimum atomic E-state index is -1.02. The molecule has 0 spiro atoms. The van der Waals surface area contributed by atoms with Gasteiger partial charge in [-0.2, -0.15) is 5.10 Å². The van der Waals surface area contributed by atoms with E-state index in [-0.39, 0.29) is 5.56 Å². The zero-order chi connectivity index (χ0) is 19.6. The Bertz CT molecular complexity index is 993. The summed E-state index contributed by atoms with van der Waals surface area (Å²) in [5.74, 6) is -1.34. The van der Waals surface area contributed by atoms with Crippen molar-refractivity contribution >= 4 is 11.9 Å². The highest BCUT2D eigenvalue weighted by molar-refractivity contribution is 5.98. The maximum Gasteiger partial charge on any atom is 0.342 e. The first-order valence-electron chi connectivity index (χ1n) is 8.60. The first-order valence-corrected chi connectivity index (χ1v) is 8.60. The topological polar surface area (TPSA) is 87.2 Å². The molecule has 0 aliphatic rings. The summed E-state index contributed by atoms with van der Waals surface area (Å²) < 4.78 is 6.83. The lowest BCUT2D eigenvalue weighted by atomic mass is 10.0. The van der Waals surface area contributed by atoms with Crippen LogP contribution < -0.4 is 5.73 Å². The largest absolute Gasteiger partial charge is 0.449 e. The van der Waals surface area contributed by atoms with Gasteiger partial charge < -0.3 is 10.5 Å². The lowest BCUT2D eigenvalue weighted by Gasteiger charge is -2.10. The summed E-state index contributed by atoms with van der Waals surface area (Å²) in [5.41, 5.74) is 9.73. The van der Waals surface area contributed by atoms with Crippen LogP contribution in [0.2, 0.25) is 0 Å². The number of carbonyl (C=O) groups excluding carboxylic acids is 2. The van der Waals surface area contributed by atoms with E-state index < -0.39 is 18.0 Å². The highest BCUT2D eigenvalue weighted by atomic mass is 16.5. The Morgan fingerprint density at radius 1 is 1.11 bits per heavy atom. The van der Waals surface area contributed by atoms with Crippen LogP contribution in [0.25, 0.3) is 16.9 Å². The summed E-state index contributed by atoms with van der Waals surface area (Å²) in [4.78, 5) is 24.0. The predicted molar refractivity (Wildman–Crippen MR) is 103 cm³/mol. The van der Waals surface area contributed by atoms with Crippen LogP contribution in [0.1, 0.15) is 28.4 Å². The molecule has 0 saturated carbocycles. The van der Waals surface area contributed by atoms with E-state index in [1.165, 1.54) is 6.92 Å². The lowest BCUT2D eigenvalue weighted by Crippen LogP contribution is -2.30. The van der Waals surface area contributed by atoms with Crippen LogP contribution in [0.5, 0.6) is 0 Å². The highest BCUT2D eigenvalue weighted by Crippen LogP contribution is 2.28. The van der Waals surface area contributed by atoms with E-state index in [4.69, 9.17) is 10.5 Å². The standard InChI is InChI=1S/C21H21N3O3/c1-13-9-10-17(14(2)11-13)19-18(21(26)27-15(3)20(22)25)12-24(23-19)16-7-5-4-6-8-16/h4-12,15H,1-3H3,(H2,22,25)/t15-/m1/s1. The van der Waals surface area contributed by atoms with Crippen molar-refractivity contribution in [3.8, 4) is 16.9 Å². The zero-order valence-electron chi connectivity index (χ0n) is 15.5. The van der Waals surface area contributed by atoms with Crippen molar-refractivity contribution in [3.05, 3.63) is 71.4 Å². The first kappa shape index (κ1) is 18.4. The van der Waals surface area contributed by atoms with Crippen LogP contribution in [0.3, 0.4) is 0 Å². The third-order valence-corrected chi connectivity index (χ3v) is 4.28. The molecule has 3 rings (SSSR count). The highest BCUT2D eigenvalue weighted by Gasteiger charge is 2.24. The lowest BCUT2D eigenvalue weighted by molar-refractivity contribution is -0.125. The Balaban J connectivity index is 2.11. The van der Waals surface area contributed by atoms with Gasteiger partial charge in [0.1, 0.15) is 11.3 Å². The Kier molecular flexibility index (Phi) is 5.07.